The van der Waals surface area contributed by atoms with Gasteiger partial charge in [0.15, 0.2) is 0 Å². The van der Waals surface area contributed by atoms with Gasteiger partial charge in [0.25, 0.3) is 0 Å². The lowest BCUT2D eigenvalue weighted by Crippen LogP contribution is -2.35. The highest BCUT2D eigenvalue weighted by Crippen LogP contribution is 2.26. The Morgan fingerprint density at radius 2 is 1.83 bits per heavy atom. The van der Waals surface area contributed by atoms with Crippen LogP contribution in [0.4, 0.5) is 0 Å². The number of phenolic OH excluding ortho intramolecular Hbond substituents is 1. The van der Waals surface area contributed by atoms with Crippen molar-refractivity contribution in [1.82, 2.24) is 10.1 Å². The third kappa shape index (κ3) is 2.22. The molecule has 0 unspecified atom stereocenters. The summed E-state index contributed by atoms with van der Waals surface area (Å²) >= 11 is 0. The van der Waals surface area contributed by atoms with E-state index >= 15 is 0 Å². The minimum absolute atomic E-state index is 0.206. The molecule has 18 heavy (non-hydrogen) atoms. The lowest BCUT2D eigenvalue weighted by Gasteiger charge is -2.20. The van der Waals surface area contributed by atoms with Gasteiger partial charge in [-0.25, -0.2) is 0 Å². The molecule has 0 bridgehead atoms. The summed E-state index contributed by atoms with van der Waals surface area (Å²) in [5.41, 5.74) is 6.42. The van der Waals surface area contributed by atoms with E-state index in [1.165, 1.54) is 0 Å². The largest absolute Gasteiger partial charge is 0.508 e. The van der Waals surface area contributed by atoms with Gasteiger partial charge in [-0.2, -0.15) is 4.98 Å². The van der Waals surface area contributed by atoms with Crippen LogP contribution in [0.15, 0.2) is 28.8 Å². The van der Waals surface area contributed by atoms with Gasteiger partial charge in [-0.05, 0) is 37.1 Å². The average molecular weight is 247 g/mol. The zero-order valence-corrected chi connectivity index (χ0v) is 10.6. The Bertz CT molecular complexity index is 515. The number of hydrogen-bond acceptors (Lipinski definition) is 5. The molecule has 0 saturated carbocycles. The number of nitrogens with zero attached hydrogens (tertiary/aromatic N) is 2. The number of nitrogens with two attached hydrogens (primary N) is 1. The first-order valence-electron chi connectivity index (χ1n) is 6.01. The standard InChI is InChI=1S/C13H17N3O2/c1-3-13(14,4-2)12-15-11(16-18-12)9-5-7-10(17)8-6-9/h5-8,17H,3-4,14H2,1-2H3. The van der Waals surface area contributed by atoms with Gasteiger partial charge in [0.2, 0.25) is 11.7 Å². The smallest absolute Gasteiger partial charge is 0.247 e. The number of hydrogen-bond donors (Lipinski definition) is 2. The fourth-order valence-corrected chi connectivity index (χ4v) is 1.71. The Balaban J connectivity index is 2.33. The first-order valence-corrected chi connectivity index (χ1v) is 6.01. The quantitative estimate of drug-likeness (QED) is 0.866. The molecule has 0 saturated heterocycles. The molecule has 1 aromatic heterocycles. The van der Waals surface area contributed by atoms with E-state index in [1.807, 2.05) is 13.8 Å². The number of rotatable bonds is 4. The third-order valence-electron chi connectivity index (χ3n) is 3.24. The highest BCUT2D eigenvalue weighted by Gasteiger charge is 2.30. The first-order chi connectivity index (χ1) is 8.59. The lowest BCUT2D eigenvalue weighted by atomic mass is 9.94. The van der Waals surface area contributed by atoms with Crippen LogP contribution < -0.4 is 5.73 Å². The molecule has 1 heterocycles. The van der Waals surface area contributed by atoms with E-state index in [1.54, 1.807) is 24.3 Å². The van der Waals surface area contributed by atoms with Crippen LogP contribution in [-0.2, 0) is 5.54 Å². The molecule has 0 aliphatic heterocycles. The molecule has 2 rings (SSSR count). The molecule has 1 aromatic carbocycles. The number of aromatic hydroxyl groups is 1. The molecule has 0 fully saturated rings. The molecule has 0 aliphatic rings. The fraction of sp³-hybridized carbons (Fsp3) is 0.385. The zero-order chi connectivity index (χ0) is 13.2. The minimum atomic E-state index is -0.567. The summed E-state index contributed by atoms with van der Waals surface area (Å²) in [4.78, 5) is 4.34. The highest BCUT2D eigenvalue weighted by atomic mass is 16.5. The monoisotopic (exact) mass is 247 g/mol. The summed E-state index contributed by atoms with van der Waals surface area (Å²) in [6.07, 6.45) is 1.47. The van der Waals surface area contributed by atoms with Crippen LogP contribution in [0.3, 0.4) is 0 Å². The topological polar surface area (TPSA) is 85.2 Å². The van der Waals surface area contributed by atoms with Crippen molar-refractivity contribution in [1.29, 1.82) is 0 Å². The SMILES string of the molecule is CCC(N)(CC)c1nc(-c2ccc(O)cc2)no1. The number of phenols is 1. The van der Waals surface area contributed by atoms with Gasteiger partial charge in [-0.3, -0.25) is 0 Å². The zero-order valence-electron chi connectivity index (χ0n) is 10.6. The summed E-state index contributed by atoms with van der Waals surface area (Å²) in [6, 6.07) is 6.64. The molecule has 2 aromatic rings. The van der Waals surface area contributed by atoms with Crippen LogP contribution >= 0.6 is 0 Å². The van der Waals surface area contributed by atoms with Crippen LogP contribution in [0.5, 0.6) is 5.75 Å². The van der Waals surface area contributed by atoms with Crippen LogP contribution in [0, 0.1) is 0 Å². The Kier molecular flexibility index (Phi) is 3.34. The van der Waals surface area contributed by atoms with Crippen molar-refractivity contribution in [2.45, 2.75) is 32.2 Å². The van der Waals surface area contributed by atoms with Crippen LogP contribution in [0.1, 0.15) is 32.6 Å². The van der Waals surface area contributed by atoms with Crippen molar-refractivity contribution in [3.63, 3.8) is 0 Å². The van der Waals surface area contributed by atoms with E-state index in [4.69, 9.17) is 10.3 Å². The number of benzene rings is 1. The molecule has 0 amide bonds. The van der Waals surface area contributed by atoms with Gasteiger partial charge in [0.05, 0.1) is 5.54 Å². The maximum Gasteiger partial charge on any atom is 0.247 e. The second-order valence-electron chi connectivity index (χ2n) is 4.33. The van der Waals surface area contributed by atoms with Gasteiger partial charge in [0.1, 0.15) is 5.75 Å². The Hall–Kier alpha value is -1.88. The lowest BCUT2D eigenvalue weighted by molar-refractivity contribution is 0.268. The van der Waals surface area contributed by atoms with E-state index in [0.29, 0.717) is 11.7 Å². The van der Waals surface area contributed by atoms with E-state index in [2.05, 4.69) is 10.1 Å². The van der Waals surface area contributed by atoms with E-state index in [9.17, 15) is 5.11 Å². The molecule has 0 radical (unpaired) electrons. The van der Waals surface area contributed by atoms with Crippen molar-refractivity contribution < 1.29 is 9.63 Å². The summed E-state index contributed by atoms with van der Waals surface area (Å²) in [6.45, 7) is 3.99. The van der Waals surface area contributed by atoms with E-state index in [-0.39, 0.29) is 5.75 Å². The predicted molar refractivity (Wildman–Crippen MR) is 67.8 cm³/mol. The summed E-state index contributed by atoms with van der Waals surface area (Å²) in [5.74, 6) is 1.15. The van der Waals surface area contributed by atoms with Crippen molar-refractivity contribution >= 4 is 0 Å². The second kappa shape index (κ2) is 4.78. The maximum atomic E-state index is 9.23. The molecular formula is C13H17N3O2. The van der Waals surface area contributed by atoms with Gasteiger partial charge in [-0.1, -0.05) is 19.0 Å². The molecule has 96 valence electrons. The Morgan fingerprint density at radius 3 is 2.39 bits per heavy atom. The average Bonchev–Trinajstić information content (AvgIpc) is 2.89. The van der Waals surface area contributed by atoms with Crippen molar-refractivity contribution in [2.24, 2.45) is 5.73 Å². The molecule has 0 spiro atoms. The second-order valence-corrected chi connectivity index (χ2v) is 4.33. The highest BCUT2D eigenvalue weighted by molar-refractivity contribution is 5.55. The molecular weight excluding hydrogens is 230 g/mol. The molecule has 5 nitrogen and oxygen atoms in total. The fourth-order valence-electron chi connectivity index (χ4n) is 1.71. The predicted octanol–water partition coefficient (Wildman–Crippen LogP) is 2.42. The van der Waals surface area contributed by atoms with Crippen molar-refractivity contribution in [2.75, 3.05) is 0 Å². The van der Waals surface area contributed by atoms with Gasteiger partial charge >= 0.3 is 0 Å². The number of aromatic nitrogens is 2. The summed E-state index contributed by atoms with van der Waals surface area (Å²) < 4.78 is 5.25. The third-order valence-corrected chi connectivity index (χ3v) is 3.24. The van der Waals surface area contributed by atoms with Gasteiger partial charge in [0, 0.05) is 5.56 Å². The molecule has 0 aliphatic carbocycles. The van der Waals surface area contributed by atoms with Gasteiger partial charge in [-0.15, -0.1) is 0 Å². The van der Waals surface area contributed by atoms with E-state index in [0.717, 1.165) is 18.4 Å². The van der Waals surface area contributed by atoms with E-state index < -0.39 is 5.54 Å². The van der Waals surface area contributed by atoms with Crippen LogP contribution in [0.2, 0.25) is 0 Å². The maximum absolute atomic E-state index is 9.23. The molecule has 5 heteroatoms. The van der Waals surface area contributed by atoms with Crippen LogP contribution in [0.25, 0.3) is 11.4 Å². The minimum Gasteiger partial charge on any atom is -0.508 e. The van der Waals surface area contributed by atoms with Gasteiger partial charge < -0.3 is 15.4 Å². The Labute approximate surface area is 106 Å². The summed E-state index contributed by atoms with van der Waals surface area (Å²) in [7, 11) is 0. The van der Waals surface area contributed by atoms with Crippen molar-refractivity contribution in [3.8, 4) is 17.1 Å². The Morgan fingerprint density at radius 1 is 1.22 bits per heavy atom. The molecule has 3 N–H and O–H groups in total. The molecule has 0 atom stereocenters. The first kappa shape index (κ1) is 12.6. The normalized spacial score (nSPS) is 11.7. The van der Waals surface area contributed by atoms with Crippen molar-refractivity contribution in [3.05, 3.63) is 30.2 Å². The van der Waals surface area contributed by atoms with Crippen LogP contribution in [-0.4, -0.2) is 15.2 Å². The summed E-state index contributed by atoms with van der Waals surface area (Å²) in [5, 5.41) is 13.2.